The third-order valence-electron chi connectivity index (χ3n) is 3.59. The molecule has 0 unspecified atom stereocenters. The molecule has 0 atom stereocenters. The highest BCUT2D eigenvalue weighted by Gasteiger charge is 2.06. The molecule has 0 aromatic carbocycles. The summed E-state index contributed by atoms with van der Waals surface area (Å²) in [5, 5.41) is 3.87. The first-order valence-electron chi connectivity index (χ1n) is 10.0. The lowest BCUT2D eigenvalue weighted by molar-refractivity contribution is 0.0325. The van der Waals surface area contributed by atoms with E-state index in [4.69, 9.17) is 28.4 Å². The van der Waals surface area contributed by atoms with Crippen LogP contribution in [0.3, 0.4) is 0 Å². The van der Waals surface area contributed by atoms with Crippen LogP contribution in [0, 0.1) is 0 Å². The molecule has 7 heteroatoms. The summed E-state index contributed by atoms with van der Waals surface area (Å²) >= 11 is 1.55. The molecule has 0 N–H and O–H groups in total. The van der Waals surface area contributed by atoms with E-state index in [1.165, 1.54) is 0 Å². The quantitative estimate of drug-likeness (QED) is 0.304. The van der Waals surface area contributed by atoms with Crippen molar-refractivity contribution in [3.8, 4) is 11.5 Å². The maximum atomic E-state index is 5.71. The molecule has 1 aromatic heterocycles. The molecule has 1 rings (SSSR count). The minimum atomic E-state index is 0.494. The third-order valence-corrected chi connectivity index (χ3v) is 4.29. The van der Waals surface area contributed by atoms with Crippen molar-refractivity contribution in [1.82, 2.24) is 0 Å². The predicted octanol–water partition coefficient (Wildman–Crippen LogP) is 4.17. The van der Waals surface area contributed by atoms with Crippen molar-refractivity contribution in [2.45, 2.75) is 39.5 Å². The molecule has 158 valence electrons. The molecule has 27 heavy (non-hydrogen) atoms. The van der Waals surface area contributed by atoms with E-state index in [2.05, 4.69) is 13.8 Å². The Morgan fingerprint density at radius 1 is 0.556 bits per heavy atom. The van der Waals surface area contributed by atoms with Crippen LogP contribution in [0.4, 0.5) is 0 Å². The number of hydrogen-bond donors (Lipinski definition) is 0. The van der Waals surface area contributed by atoms with Gasteiger partial charge in [-0.2, -0.15) is 0 Å². The van der Waals surface area contributed by atoms with Gasteiger partial charge in [-0.05, 0) is 12.8 Å². The van der Waals surface area contributed by atoms with E-state index in [0.717, 1.165) is 50.4 Å². The topological polar surface area (TPSA) is 55.4 Å². The Morgan fingerprint density at radius 3 is 1.33 bits per heavy atom. The van der Waals surface area contributed by atoms with E-state index < -0.39 is 0 Å². The van der Waals surface area contributed by atoms with Crippen LogP contribution in [0.5, 0.6) is 11.5 Å². The molecule has 0 aliphatic carbocycles. The van der Waals surface area contributed by atoms with Gasteiger partial charge in [0, 0.05) is 24.0 Å². The molecule has 1 aromatic rings. The molecule has 0 saturated heterocycles. The van der Waals surface area contributed by atoms with Crippen molar-refractivity contribution in [3.63, 3.8) is 0 Å². The molecule has 0 bridgehead atoms. The summed E-state index contributed by atoms with van der Waals surface area (Å²) < 4.78 is 33.3. The molecule has 0 radical (unpaired) electrons. The van der Waals surface area contributed by atoms with E-state index in [9.17, 15) is 0 Å². The summed E-state index contributed by atoms with van der Waals surface area (Å²) in [4.78, 5) is 0. The zero-order valence-electron chi connectivity index (χ0n) is 16.9. The largest absolute Gasteiger partial charge is 0.486 e. The van der Waals surface area contributed by atoms with Gasteiger partial charge in [-0.25, -0.2) is 0 Å². The van der Waals surface area contributed by atoms with E-state index in [1.807, 2.05) is 10.8 Å². The fourth-order valence-corrected chi connectivity index (χ4v) is 2.73. The molecule has 0 fully saturated rings. The van der Waals surface area contributed by atoms with Crippen LogP contribution in [0.1, 0.15) is 39.5 Å². The maximum absolute atomic E-state index is 5.71. The minimum absolute atomic E-state index is 0.494. The van der Waals surface area contributed by atoms with Crippen LogP contribution in [-0.2, 0) is 18.9 Å². The molecule has 0 spiro atoms. The van der Waals surface area contributed by atoms with Gasteiger partial charge in [0.25, 0.3) is 0 Å². The van der Waals surface area contributed by atoms with Crippen LogP contribution < -0.4 is 9.47 Å². The standard InChI is InChI=1S/C20H36O6S/c1-3-5-7-21-9-11-23-13-15-25-19-17-27-18-20(19)26-16-14-24-12-10-22-8-6-4-2/h17-18H,3-16H2,1-2H3. The smallest absolute Gasteiger partial charge is 0.171 e. The fourth-order valence-electron chi connectivity index (χ4n) is 2.04. The lowest BCUT2D eigenvalue weighted by atomic mass is 10.4. The Morgan fingerprint density at radius 2 is 0.926 bits per heavy atom. The average Bonchev–Trinajstić information content (AvgIpc) is 3.12. The normalized spacial score (nSPS) is 11.0. The second-order valence-corrected chi connectivity index (χ2v) is 6.70. The molecule has 6 nitrogen and oxygen atoms in total. The van der Waals surface area contributed by atoms with Gasteiger partial charge in [0.15, 0.2) is 11.5 Å². The summed E-state index contributed by atoms with van der Waals surface area (Å²) in [6.07, 6.45) is 4.50. The Hall–Kier alpha value is -0.860. The zero-order valence-corrected chi connectivity index (χ0v) is 17.7. The molecule has 1 heterocycles. The lowest BCUT2D eigenvalue weighted by Gasteiger charge is -2.10. The highest BCUT2D eigenvalue weighted by molar-refractivity contribution is 7.08. The predicted molar refractivity (Wildman–Crippen MR) is 108 cm³/mol. The van der Waals surface area contributed by atoms with Crippen molar-refractivity contribution >= 4 is 11.3 Å². The fraction of sp³-hybridized carbons (Fsp3) is 0.800. The Balaban J connectivity index is 1.96. The van der Waals surface area contributed by atoms with Crippen LogP contribution in [0.2, 0.25) is 0 Å². The highest BCUT2D eigenvalue weighted by Crippen LogP contribution is 2.31. The molecular formula is C20H36O6S. The first-order chi connectivity index (χ1) is 13.4. The van der Waals surface area contributed by atoms with Gasteiger partial charge in [-0.3, -0.25) is 0 Å². The second kappa shape index (κ2) is 18.5. The van der Waals surface area contributed by atoms with E-state index in [-0.39, 0.29) is 0 Å². The average molecular weight is 405 g/mol. The minimum Gasteiger partial charge on any atom is -0.486 e. The number of unbranched alkanes of at least 4 members (excludes halogenated alkanes) is 2. The second-order valence-electron chi connectivity index (χ2n) is 5.95. The van der Waals surface area contributed by atoms with Gasteiger partial charge < -0.3 is 28.4 Å². The van der Waals surface area contributed by atoms with Crippen LogP contribution in [-0.4, -0.2) is 66.1 Å². The van der Waals surface area contributed by atoms with Crippen molar-refractivity contribution in [1.29, 1.82) is 0 Å². The number of ether oxygens (including phenoxy) is 6. The number of thiophene rings is 1. The van der Waals surface area contributed by atoms with Crippen molar-refractivity contribution in [2.75, 3.05) is 66.1 Å². The summed E-state index contributed by atoms with van der Waals surface area (Å²) in [5.41, 5.74) is 0. The third kappa shape index (κ3) is 13.9. The maximum Gasteiger partial charge on any atom is 0.171 e. The van der Waals surface area contributed by atoms with Crippen LogP contribution >= 0.6 is 11.3 Å². The van der Waals surface area contributed by atoms with Crippen LogP contribution in [0.15, 0.2) is 10.8 Å². The van der Waals surface area contributed by atoms with Crippen LogP contribution in [0.25, 0.3) is 0 Å². The van der Waals surface area contributed by atoms with Gasteiger partial charge in [-0.1, -0.05) is 26.7 Å². The van der Waals surface area contributed by atoms with Gasteiger partial charge in [-0.15, -0.1) is 11.3 Å². The van der Waals surface area contributed by atoms with Crippen molar-refractivity contribution in [2.24, 2.45) is 0 Å². The van der Waals surface area contributed by atoms with Crippen molar-refractivity contribution in [3.05, 3.63) is 10.8 Å². The number of hydrogen-bond acceptors (Lipinski definition) is 7. The van der Waals surface area contributed by atoms with E-state index in [1.54, 1.807) is 11.3 Å². The monoisotopic (exact) mass is 404 g/mol. The van der Waals surface area contributed by atoms with Gasteiger partial charge in [0.05, 0.1) is 39.6 Å². The van der Waals surface area contributed by atoms with Gasteiger partial charge >= 0.3 is 0 Å². The molecule has 0 amide bonds. The number of rotatable bonds is 20. The summed E-state index contributed by atoms with van der Waals surface area (Å²) in [5.74, 6) is 1.51. The van der Waals surface area contributed by atoms with Gasteiger partial charge in [0.1, 0.15) is 13.2 Å². The molecular weight excluding hydrogens is 368 g/mol. The van der Waals surface area contributed by atoms with Gasteiger partial charge in [0.2, 0.25) is 0 Å². The molecule has 0 aliphatic rings. The zero-order chi connectivity index (χ0) is 19.4. The van der Waals surface area contributed by atoms with Crippen molar-refractivity contribution < 1.29 is 28.4 Å². The molecule has 0 saturated carbocycles. The SMILES string of the molecule is CCCCOCCOCCOc1cscc1OCCOCCOCCCC. The van der Waals surface area contributed by atoms with E-state index >= 15 is 0 Å². The summed E-state index contributed by atoms with van der Waals surface area (Å²) in [6.45, 7) is 10.4. The Bertz CT molecular complexity index is 390. The molecule has 0 aliphatic heterocycles. The summed E-state index contributed by atoms with van der Waals surface area (Å²) in [6, 6.07) is 0. The first kappa shape index (κ1) is 24.2. The highest BCUT2D eigenvalue weighted by atomic mass is 32.1. The first-order valence-corrected chi connectivity index (χ1v) is 11.0. The Labute approximate surface area is 168 Å². The van der Waals surface area contributed by atoms with E-state index in [0.29, 0.717) is 52.9 Å². The Kier molecular flexibility index (Phi) is 16.6. The lowest BCUT2D eigenvalue weighted by Crippen LogP contribution is -2.12. The summed E-state index contributed by atoms with van der Waals surface area (Å²) in [7, 11) is 0.